The molecular weight excluding hydrogens is 403 g/mol. The van der Waals surface area contributed by atoms with Crippen LogP contribution in [0.25, 0.3) is 17.1 Å². The Labute approximate surface area is 172 Å². The quantitative estimate of drug-likeness (QED) is 0.396. The number of nitrogens with zero attached hydrogens (tertiary/aromatic N) is 4. The van der Waals surface area contributed by atoms with Gasteiger partial charge in [-0.3, -0.25) is 9.55 Å². The van der Waals surface area contributed by atoms with E-state index >= 15 is 0 Å². The fraction of sp³-hybridized carbons (Fsp3) is 0.316. The Kier molecular flexibility index (Phi) is 5.30. The van der Waals surface area contributed by atoms with Crippen molar-refractivity contribution in [3.8, 4) is 22.8 Å². The summed E-state index contributed by atoms with van der Waals surface area (Å²) in [7, 11) is 0. The molecule has 8 heteroatoms. The molecule has 2 heterocycles. The predicted octanol–water partition coefficient (Wildman–Crippen LogP) is 5.01. The number of hydrogen-bond acceptors (Lipinski definition) is 5. The van der Waals surface area contributed by atoms with Crippen molar-refractivity contribution < 1.29 is 4.74 Å². The molecule has 5 nitrogen and oxygen atoms in total. The molecule has 0 radical (unpaired) electrons. The summed E-state index contributed by atoms with van der Waals surface area (Å²) in [6.07, 6.45) is 4.31. The maximum atomic E-state index is 6.17. The Bertz CT molecular complexity index is 915. The highest BCUT2D eigenvalue weighted by Gasteiger charge is 2.51. The normalized spacial score (nSPS) is 17.7. The predicted molar refractivity (Wildman–Crippen MR) is 109 cm³/mol. The first-order valence-corrected chi connectivity index (χ1v) is 10.4. The van der Waals surface area contributed by atoms with E-state index in [1.54, 1.807) is 24.2 Å². The molecule has 0 aliphatic heterocycles. The number of hydrogen-bond donors (Lipinski definition) is 0. The van der Waals surface area contributed by atoms with Crippen molar-refractivity contribution in [3.63, 3.8) is 0 Å². The molecule has 1 aromatic carbocycles. The minimum absolute atomic E-state index is 0.278. The highest BCUT2D eigenvalue weighted by molar-refractivity contribution is 7.99. The number of alkyl halides is 2. The third-order valence-corrected chi connectivity index (χ3v) is 6.36. The summed E-state index contributed by atoms with van der Waals surface area (Å²) in [5.74, 6) is 2.68. The number of thioether (sulfide) groups is 1. The van der Waals surface area contributed by atoms with Crippen molar-refractivity contribution in [2.45, 2.75) is 22.8 Å². The number of aromatic nitrogens is 4. The van der Waals surface area contributed by atoms with Gasteiger partial charge in [-0.05, 0) is 49.7 Å². The van der Waals surface area contributed by atoms with E-state index in [4.69, 9.17) is 27.9 Å². The standard InChI is InChI=1S/C19H18Cl2N4OS/c1-2-26-16-5-3-15(4-6-16)25-17(13-7-9-22-10-8-13)23-24-18(25)27-12-14-11-19(14,20)21/h3-10,14H,2,11-12H2,1H3. The van der Waals surface area contributed by atoms with E-state index < -0.39 is 4.33 Å². The lowest BCUT2D eigenvalue weighted by molar-refractivity contribution is 0.340. The Morgan fingerprint density at radius 2 is 1.85 bits per heavy atom. The molecule has 1 saturated carbocycles. The van der Waals surface area contributed by atoms with Crippen LogP contribution in [-0.2, 0) is 0 Å². The average Bonchev–Trinajstić information content (AvgIpc) is 3.10. The lowest BCUT2D eigenvalue weighted by atomic mass is 10.2. The summed E-state index contributed by atoms with van der Waals surface area (Å²) in [5.41, 5.74) is 1.92. The highest BCUT2D eigenvalue weighted by atomic mass is 35.5. The first kappa shape index (κ1) is 18.6. The Hall–Kier alpha value is -1.76. The van der Waals surface area contributed by atoms with Crippen LogP contribution in [0, 0.1) is 5.92 Å². The summed E-state index contributed by atoms with van der Waals surface area (Å²) in [5, 5.41) is 9.64. The van der Waals surface area contributed by atoms with Gasteiger partial charge in [0.2, 0.25) is 0 Å². The Morgan fingerprint density at radius 3 is 2.48 bits per heavy atom. The van der Waals surface area contributed by atoms with E-state index in [0.717, 1.165) is 40.2 Å². The molecular formula is C19H18Cl2N4OS. The third kappa shape index (κ3) is 4.08. The first-order valence-electron chi connectivity index (χ1n) is 8.68. The smallest absolute Gasteiger partial charge is 0.196 e. The van der Waals surface area contributed by atoms with Gasteiger partial charge in [-0.15, -0.1) is 33.4 Å². The summed E-state index contributed by atoms with van der Waals surface area (Å²) < 4.78 is 7.00. The topological polar surface area (TPSA) is 52.8 Å². The average molecular weight is 421 g/mol. The van der Waals surface area contributed by atoms with Crippen LogP contribution in [0.3, 0.4) is 0 Å². The van der Waals surface area contributed by atoms with E-state index in [1.165, 1.54) is 0 Å². The van der Waals surface area contributed by atoms with Crippen LogP contribution in [0.1, 0.15) is 13.3 Å². The molecule has 140 valence electrons. The third-order valence-electron chi connectivity index (χ3n) is 4.35. The molecule has 3 aromatic rings. The van der Waals surface area contributed by atoms with Gasteiger partial charge in [-0.25, -0.2) is 0 Å². The highest BCUT2D eigenvalue weighted by Crippen LogP contribution is 2.54. The van der Waals surface area contributed by atoms with Crippen LogP contribution in [0.5, 0.6) is 5.75 Å². The van der Waals surface area contributed by atoms with Crippen molar-refractivity contribution in [3.05, 3.63) is 48.8 Å². The zero-order valence-corrected chi connectivity index (χ0v) is 17.0. The van der Waals surface area contributed by atoms with Crippen LogP contribution in [0.2, 0.25) is 0 Å². The summed E-state index contributed by atoms with van der Waals surface area (Å²) in [6, 6.07) is 11.8. The minimum Gasteiger partial charge on any atom is -0.494 e. The number of rotatable bonds is 7. The molecule has 1 fully saturated rings. The number of benzene rings is 1. The van der Waals surface area contributed by atoms with E-state index in [9.17, 15) is 0 Å². The van der Waals surface area contributed by atoms with Crippen molar-refractivity contribution in [2.24, 2.45) is 5.92 Å². The van der Waals surface area contributed by atoms with Gasteiger partial charge in [-0.1, -0.05) is 11.8 Å². The van der Waals surface area contributed by atoms with Gasteiger partial charge in [-0.2, -0.15) is 0 Å². The van der Waals surface area contributed by atoms with Gasteiger partial charge >= 0.3 is 0 Å². The van der Waals surface area contributed by atoms with Crippen LogP contribution in [0.4, 0.5) is 0 Å². The van der Waals surface area contributed by atoms with Crippen LogP contribution < -0.4 is 4.74 Å². The molecule has 1 unspecified atom stereocenters. The SMILES string of the molecule is CCOc1ccc(-n2c(SCC3CC3(Cl)Cl)nnc2-c2ccncc2)cc1. The van der Waals surface area contributed by atoms with Crippen LogP contribution in [0.15, 0.2) is 53.9 Å². The zero-order chi connectivity index (χ0) is 18.9. The summed E-state index contributed by atoms with van der Waals surface area (Å²) in [4.78, 5) is 4.09. The number of pyridine rings is 1. The molecule has 2 aromatic heterocycles. The Balaban J connectivity index is 1.68. The molecule has 0 bridgehead atoms. The van der Waals surface area contributed by atoms with Crippen molar-refractivity contribution in [1.29, 1.82) is 0 Å². The molecule has 0 amide bonds. The molecule has 1 aliphatic rings. The van der Waals surface area contributed by atoms with Crippen molar-refractivity contribution in [2.75, 3.05) is 12.4 Å². The minimum atomic E-state index is -0.592. The largest absolute Gasteiger partial charge is 0.494 e. The van der Waals surface area contributed by atoms with E-state index in [2.05, 4.69) is 15.2 Å². The number of ether oxygens (including phenoxy) is 1. The molecule has 4 rings (SSSR count). The van der Waals surface area contributed by atoms with E-state index in [1.807, 2.05) is 47.9 Å². The molecule has 1 aliphatic carbocycles. The van der Waals surface area contributed by atoms with E-state index in [-0.39, 0.29) is 5.92 Å². The molecule has 1 atom stereocenters. The fourth-order valence-corrected chi connectivity index (χ4v) is 4.65. The van der Waals surface area contributed by atoms with Gasteiger partial charge in [0.1, 0.15) is 10.1 Å². The maximum Gasteiger partial charge on any atom is 0.196 e. The van der Waals surface area contributed by atoms with Crippen LogP contribution >= 0.6 is 35.0 Å². The van der Waals surface area contributed by atoms with E-state index in [0.29, 0.717) is 6.61 Å². The monoisotopic (exact) mass is 420 g/mol. The van der Waals surface area contributed by atoms with Gasteiger partial charge < -0.3 is 4.74 Å². The fourth-order valence-electron chi connectivity index (χ4n) is 2.77. The number of halogens is 2. The molecule has 0 N–H and O–H groups in total. The molecule has 27 heavy (non-hydrogen) atoms. The van der Waals surface area contributed by atoms with Gasteiger partial charge in [0.05, 0.1) is 6.61 Å². The molecule has 0 saturated heterocycles. The lowest BCUT2D eigenvalue weighted by Crippen LogP contribution is -2.01. The van der Waals surface area contributed by atoms with Gasteiger partial charge in [0.25, 0.3) is 0 Å². The van der Waals surface area contributed by atoms with Crippen molar-refractivity contribution in [1.82, 2.24) is 19.7 Å². The Morgan fingerprint density at radius 1 is 1.15 bits per heavy atom. The summed E-state index contributed by atoms with van der Waals surface area (Å²) in [6.45, 7) is 2.60. The first-order chi connectivity index (χ1) is 13.1. The van der Waals surface area contributed by atoms with Crippen LogP contribution in [-0.4, -0.2) is 36.4 Å². The lowest BCUT2D eigenvalue weighted by Gasteiger charge is -2.11. The zero-order valence-electron chi connectivity index (χ0n) is 14.7. The molecule has 0 spiro atoms. The second-order valence-corrected chi connectivity index (χ2v) is 8.81. The summed E-state index contributed by atoms with van der Waals surface area (Å²) >= 11 is 14.0. The second-order valence-electron chi connectivity index (χ2n) is 6.28. The maximum absolute atomic E-state index is 6.17. The van der Waals surface area contributed by atoms with Gasteiger partial charge in [0, 0.05) is 35.3 Å². The van der Waals surface area contributed by atoms with Crippen molar-refractivity contribution >= 4 is 35.0 Å². The van der Waals surface area contributed by atoms with Gasteiger partial charge in [0.15, 0.2) is 11.0 Å². The second kappa shape index (κ2) is 7.70.